The van der Waals surface area contributed by atoms with Gasteiger partial charge in [0.25, 0.3) is 0 Å². The van der Waals surface area contributed by atoms with E-state index < -0.39 is 0 Å². The van der Waals surface area contributed by atoms with E-state index in [4.69, 9.17) is 4.52 Å². The summed E-state index contributed by atoms with van der Waals surface area (Å²) in [7, 11) is 0. The number of aryl methyl sites for hydroxylation is 1. The van der Waals surface area contributed by atoms with Crippen LogP contribution >= 0.6 is 0 Å². The Balaban J connectivity index is 1.75. The van der Waals surface area contributed by atoms with Gasteiger partial charge < -0.3 is 4.52 Å². The highest BCUT2D eigenvalue weighted by atomic mass is 16.5. The number of benzene rings is 1. The van der Waals surface area contributed by atoms with E-state index in [0.29, 0.717) is 18.3 Å². The average Bonchev–Trinajstić information content (AvgIpc) is 3.19. The SMILES string of the molecule is CCc1ccc(C(C)c2nc(Cn3ccnn3)no2)cc1. The first kappa shape index (κ1) is 13.5. The van der Waals surface area contributed by atoms with Crippen molar-refractivity contribution in [2.24, 2.45) is 0 Å². The van der Waals surface area contributed by atoms with E-state index in [2.05, 4.69) is 58.6 Å². The Bertz CT molecular complexity index is 687. The van der Waals surface area contributed by atoms with Gasteiger partial charge in [-0.2, -0.15) is 4.98 Å². The molecular formula is C15H17N5O. The minimum Gasteiger partial charge on any atom is -0.339 e. The van der Waals surface area contributed by atoms with Gasteiger partial charge in [0.05, 0.1) is 12.1 Å². The van der Waals surface area contributed by atoms with Gasteiger partial charge in [0.15, 0.2) is 5.82 Å². The molecular weight excluding hydrogens is 266 g/mol. The van der Waals surface area contributed by atoms with Gasteiger partial charge >= 0.3 is 0 Å². The van der Waals surface area contributed by atoms with E-state index in [0.717, 1.165) is 6.42 Å². The first-order chi connectivity index (χ1) is 10.3. The summed E-state index contributed by atoms with van der Waals surface area (Å²) < 4.78 is 7.03. The van der Waals surface area contributed by atoms with Crippen LogP contribution in [0.5, 0.6) is 0 Å². The van der Waals surface area contributed by atoms with Crippen LogP contribution in [0.4, 0.5) is 0 Å². The second kappa shape index (κ2) is 5.87. The van der Waals surface area contributed by atoms with Crippen LogP contribution in [0.2, 0.25) is 0 Å². The lowest BCUT2D eigenvalue weighted by atomic mass is 9.99. The molecule has 3 aromatic rings. The summed E-state index contributed by atoms with van der Waals surface area (Å²) in [5.74, 6) is 1.30. The molecule has 0 bridgehead atoms. The van der Waals surface area contributed by atoms with Crippen LogP contribution in [0.15, 0.2) is 41.2 Å². The molecule has 6 nitrogen and oxygen atoms in total. The van der Waals surface area contributed by atoms with Crippen molar-refractivity contribution < 1.29 is 4.52 Å². The van der Waals surface area contributed by atoms with E-state index in [-0.39, 0.29) is 5.92 Å². The largest absolute Gasteiger partial charge is 0.339 e. The van der Waals surface area contributed by atoms with Gasteiger partial charge in [-0.25, -0.2) is 4.68 Å². The summed E-state index contributed by atoms with van der Waals surface area (Å²) in [6.45, 7) is 4.67. The smallest absolute Gasteiger partial charge is 0.233 e. The molecule has 1 atom stereocenters. The van der Waals surface area contributed by atoms with Crippen molar-refractivity contribution in [3.05, 3.63) is 59.5 Å². The first-order valence-electron chi connectivity index (χ1n) is 7.01. The van der Waals surface area contributed by atoms with E-state index in [9.17, 15) is 0 Å². The third-order valence-electron chi connectivity index (χ3n) is 3.52. The van der Waals surface area contributed by atoms with Gasteiger partial charge in [-0.3, -0.25) is 0 Å². The monoisotopic (exact) mass is 283 g/mol. The number of aromatic nitrogens is 5. The van der Waals surface area contributed by atoms with Crippen LogP contribution in [-0.2, 0) is 13.0 Å². The molecule has 6 heteroatoms. The van der Waals surface area contributed by atoms with Crippen molar-refractivity contribution in [1.82, 2.24) is 25.1 Å². The Labute approximate surface area is 122 Å². The molecule has 21 heavy (non-hydrogen) atoms. The fraction of sp³-hybridized carbons (Fsp3) is 0.333. The van der Waals surface area contributed by atoms with Crippen LogP contribution in [0, 0.1) is 0 Å². The lowest BCUT2D eigenvalue weighted by Crippen LogP contribution is -2.03. The third-order valence-corrected chi connectivity index (χ3v) is 3.52. The Morgan fingerprint density at radius 3 is 2.71 bits per heavy atom. The molecule has 0 aliphatic carbocycles. The normalized spacial score (nSPS) is 12.5. The Kier molecular flexibility index (Phi) is 3.77. The van der Waals surface area contributed by atoms with Crippen LogP contribution in [0.25, 0.3) is 0 Å². The molecule has 0 spiro atoms. The molecule has 108 valence electrons. The predicted molar refractivity (Wildman–Crippen MR) is 76.8 cm³/mol. The number of hydrogen-bond donors (Lipinski definition) is 0. The van der Waals surface area contributed by atoms with Gasteiger partial charge in [0.2, 0.25) is 5.89 Å². The van der Waals surface area contributed by atoms with Crippen molar-refractivity contribution in [2.75, 3.05) is 0 Å². The first-order valence-corrected chi connectivity index (χ1v) is 7.01. The summed E-state index contributed by atoms with van der Waals surface area (Å²) in [5, 5.41) is 11.6. The van der Waals surface area contributed by atoms with Crippen molar-refractivity contribution >= 4 is 0 Å². The van der Waals surface area contributed by atoms with E-state index in [1.807, 2.05) is 0 Å². The molecule has 0 N–H and O–H groups in total. The zero-order chi connectivity index (χ0) is 14.7. The molecule has 0 amide bonds. The highest BCUT2D eigenvalue weighted by molar-refractivity contribution is 5.28. The molecule has 3 rings (SSSR count). The van der Waals surface area contributed by atoms with Gasteiger partial charge in [0.1, 0.15) is 6.54 Å². The van der Waals surface area contributed by atoms with Gasteiger partial charge in [-0.15, -0.1) is 5.10 Å². The number of rotatable bonds is 5. The van der Waals surface area contributed by atoms with Crippen molar-refractivity contribution in [3.63, 3.8) is 0 Å². The standard InChI is InChI=1S/C15H17N5O/c1-3-12-4-6-13(7-5-12)11(2)15-17-14(18-21-15)10-20-9-8-16-19-20/h4-9,11H,3,10H2,1-2H3. The van der Waals surface area contributed by atoms with Gasteiger partial charge in [-0.1, -0.05) is 41.6 Å². The average molecular weight is 283 g/mol. The third kappa shape index (κ3) is 2.99. The van der Waals surface area contributed by atoms with Crippen LogP contribution in [0.3, 0.4) is 0 Å². The van der Waals surface area contributed by atoms with Gasteiger partial charge in [-0.05, 0) is 24.5 Å². The second-order valence-corrected chi connectivity index (χ2v) is 4.97. The summed E-state index contributed by atoms with van der Waals surface area (Å²) in [4.78, 5) is 4.44. The van der Waals surface area contributed by atoms with Crippen LogP contribution in [-0.4, -0.2) is 25.1 Å². The maximum Gasteiger partial charge on any atom is 0.233 e. The molecule has 2 heterocycles. The van der Waals surface area contributed by atoms with E-state index in [1.165, 1.54) is 11.1 Å². The summed E-state index contributed by atoms with van der Waals surface area (Å²) in [6.07, 6.45) is 4.43. The molecule has 1 aromatic carbocycles. The van der Waals surface area contributed by atoms with Crippen molar-refractivity contribution in [3.8, 4) is 0 Å². The van der Waals surface area contributed by atoms with Crippen molar-refractivity contribution in [1.29, 1.82) is 0 Å². The lowest BCUT2D eigenvalue weighted by Gasteiger charge is -2.07. The van der Waals surface area contributed by atoms with Crippen molar-refractivity contribution in [2.45, 2.75) is 32.7 Å². The maximum atomic E-state index is 5.36. The molecule has 1 unspecified atom stereocenters. The lowest BCUT2D eigenvalue weighted by molar-refractivity contribution is 0.363. The predicted octanol–water partition coefficient (Wildman–Crippen LogP) is 2.42. The topological polar surface area (TPSA) is 69.6 Å². The van der Waals surface area contributed by atoms with Crippen LogP contribution in [0.1, 0.15) is 42.6 Å². The molecule has 0 saturated carbocycles. The Morgan fingerprint density at radius 1 is 1.24 bits per heavy atom. The van der Waals surface area contributed by atoms with Gasteiger partial charge in [0, 0.05) is 6.20 Å². The minimum absolute atomic E-state index is 0.0768. The molecule has 0 aliphatic rings. The van der Waals surface area contributed by atoms with E-state index >= 15 is 0 Å². The zero-order valence-electron chi connectivity index (χ0n) is 12.1. The fourth-order valence-corrected chi connectivity index (χ4v) is 2.15. The molecule has 0 aliphatic heterocycles. The molecule has 0 saturated heterocycles. The molecule has 0 fully saturated rings. The number of hydrogen-bond acceptors (Lipinski definition) is 5. The summed E-state index contributed by atoms with van der Waals surface area (Å²) in [6, 6.07) is 8.51. The van der Waals surface area contributed by atoms with E-state index in [1.54, 1.807) is 17.1 Å². The Hall–Kier alpha value is -2.50. The highest BCUT2D eigenvalue weighted by Crippen LogP contribution is 2.23. The highest BCUT2D eigenvalue weighted by Gasteiger charge is 2.16. The Morgan fingerprint density at radius 2 is 2.05 bits per heavy atom. The van der Waals surface area contributed by atoms with Crippen LogP contribution < -0.4 is 0 Å². The summed E-state index contributed by atoms with van der Waals surface area (Å²) >= 11 is 0. The molecule has 2 aromatic heterocycles. The minimum atomic E-state index is 0.0768. The zero-order valence-corrected chi connectivity index (χ0v) is 12.1. The fourth-order valence-electron chi connectivity index (χ4n) is 2.15. The number of nitrogens with zero attached hydrogens (tertiary/aromatic N) is 5. The summed E-state index contributed by atoms with van der Waals surface area (Å²) in [5.41, 5.74) is 2.49. The second-order valence-electron chi connectivity index (χ2n) is 4.97. The maximum absolute atomic E-state index is 5.36. The quantitative estimate of drug-likeness (QED) is 0.719. The molecule has 0 radical (unpaired) electrons.